The van der Waals surface area contributed by atoms with Crippen LogP contribution in [-0.4, -0.2) is 21.8 Å². The first kappa shape index (κ1) is 15.4. The van der Waals surface area contributed by atoms with Crippen molar-refractivity contribution < 1.29 is 9.90 Å². The largest absolute Gasteiger partial charge is 0.393 e. The lowest BCUT2D eigenvalue weighted by Crippen LogP contribution is -2.50. The average Bonchev–Trinajstić information content (AvgIpc) is 2.72. The summed E-state index contributed by atoms with van der Waals surface area (Å²) in [5.41, 5.74) is 1.69. The van der Waals surface area contributed by atoms with Gasteiger partial charge >= 0.3 is 0 Å². The zero-order chi connectivity index (χ0) is 15.7. The molecule has 0 aliphatic heterocycles. The number of rotatable bonds is 0. The van der Waals surface area contributed by atoms with Gasteiger partial charge in [-0.15, -0.1) is 0 Å². The van der Waals surface area contributed by atoms with Crippen LogP contribution in [0.15, 0.2) is 11.6 Å². The maximum atomic E-state index is 12.6. The summed E-state index contributed by atoms with van der Waals surface area (Å²) in [6.07, 6.45) is 9.63. The molecule has 3 saturated carbocycles. The predicted octanol–water partition coefficient (Wildman–Crippen LogP) is 4.25. The molecule has 0 saturated heterocycles. The fourth-order valence-electron chi connectivity index (χ4n) is 6.39. The minimum atomic E-state index is -0.135. The highest BCUT2D eigenvalue weighted by atomic mass is 79.9. The van der Waals surface area contributed by atoms with Crippen molar-refractivity contribution in [1.82, 2.24) is 0 Å². The first-order valence-electron chi connectivity index (χ1n) is 8.92. The van der Waals surface area contributed by atoms with Gasteiger partial charge in [-0.2, -0.15) is 0 Å². The lowest BCUT2D eigenvalue weighted by atomic mass is 9.48. The summed E-state index contributed by atoms with van der Waals surface area (Å²) in [7, 11) is 0. The number of fused-ring (bicyclic) bond motifs is 5. The van der Waals surface area contributed by atoms with E-state index in [1.165, 1.54) is 12.0 Å². The van der Waals surface area contributed by atoms with Crippen LogP contribution in [-0.2, 0) is 4.79 Å². The van der Waals surface area contributed by atoms with E-state index in [-0.39, 0.29) is 21.8 Å². The Kier molecular flexibility index (Phi) is 3.44. The molecule has 0 bridgehead atoms. The Morgan fingerprint density at radius 1 is 1.18 bits per heavy atom. The molecule has 4 rings (SSSR count). The van der Waals surface area contributed by atoms with Gasteiger partial charge in [0.1, 0.15) is 0 Å². The Labute approximate surface area is 141 Å². The molecule has 0 radical (unpaired) electrons. The van der Waals surface area contributed by atoms with Crippen molar-refractivity contribution in [2.45, 2.75) is 69.7 Å². The van der Waals surface area contributed by atoms with Crippen LogP contribution in [0.3, 0.4) is 0 Å². The second kappa shape index (κ2) is 4.92. The Balaban J connectivity index is 1.70. The van der Waals surface area contributed by atoms with Gasteiger partial charge in [-0.05, 0) is 68.1 Å². The van der Waals surface area contributed by atoms with Gasteiger partial charge in [-0.3, -0.25) is 4.79 Å². The van der Waals surface area contributed by atoms with Crippen molar-refractivity contribution in [3.05, 3.63) is 11.6 Å². The molecule has 0 aromatic rings. The van der Waals surface area contributed by atoms with E-state index in [1.54, 1.807) is 0 Å². The number of ketones is 1. The SMILES string of the molecule is C[C@]12CC[C@H](O)CC1=CC[C@@H]1[C@@H]2CC[C@]2(C)C(=O)[C@H](Br)C[C@@H]12. The fourth-order valence-corrected chi connectivity index (χ4v) is 7.32. The van der Waals surface area contributed by atoms with Crippen LogP contribution in [0, 0.1) is 28.6 Å². The number of hydrogen-bond acceptors (Lipinski definition) is 2. The van der Waals surface area contributed by atoms with Crippen LogP contribution in [0.2, 0.25) is 0 Å². The molecule has 0 unspecified atom stereocenters. The number of carbonyl (C=O) groups is 1. The summed E-state index contributed by atoms with van der Waals surface area (Å²) in [6.45, 7) is 4.66. The molecular formula is C19H27BrO2. The molecule has 0 amide bonds. The number of carbonyl (C=O) groups excluding carboxylic acids is 1. The Bertz CT molecular complexity index is 542. The smallest absolute Gasteiger partial charge is 0.152 e. The standard InChI is InChI=1S/C19H27BrO2/c1-18-7-5-12(21)9-11(18)3-4-13-14(18)6-8-19(2)15(13)10-16(20)17(19)22/h3,12-16,21H,4-10H2,1-2H3/t12-,13+,14-,15-,16+,18-,19-/m0/s1. The number of hydrogen-bond donors (Lipinski definition) is 1. The normalized spacial score (nSPS) is 54.3. The molecule has 0 aromatic carbocycles. The minimum Gasteiger partial charge on any atom is -0.393 e. The predicted molar refractivity (Wildman–Crippen MR) is 90.8 cm³/mol. The summed E-state index contributed by atoms with van der Waals surface area (Å²) in [5.74, 6) is 2.37. The molecule has 4 aliphatic carbocycles. The molecule has 122 valence electrons. The maximum Gasteiger partial charge on any atom is 0.152 e. The number of aliphatic hydroxyl groups excluding tert-OH is 1. The van der Waals surface area contributed by atoms with E-state index in [2.05, 4.69) is 35.9 Å². The van der Waals surface area contributed by atoms with E-state index < -0.39 is 0 Å². The van der Waals surface area contributed by atoms with Gasteiger partial charge in [0, 0.05) is 5.41 Å². The van der Waals surface area contributed by atoms with Crippen molar-refractivity contribution in [2.75, 3.05) is 0 Å². The number of allylic oxidation sites excluding steroid dienone is 1. The number of alkyl halides is 1. The van der Waals surface area contributed by atoms with Gasteiger partial charge in [-0.25, -0.2) is 0 Å². The summed E-state index contributed by atoms with van der Waals surface area (Å²) >= 11 is 3.64. The third kappa shape index (κ3) is 1.90. The monoisotopic (exact) mass is 366 g/mol. The molecule has 4 aliphatic rings. The zero-order valence-electron chi connectivity index (χ0n) is 13.6. The van der Waals surface area contributed by atoms with Crippen LogP contribution in [0.1, 0.15) is 58.8 Å². The second-order valence-electron chi connectivity index (χ2n) is 8.68. The Hall–Kier alpha value is -0.150. The van der Waals surface area contributed by atoms with Crippen LogP contribution in [0.5, 0.6) is 0 Å². The summed E-state index contributed by atoms with van der Waals surface area (Å²) in [5, 5.41) is 10.0. The van der Waals surface area contributed by atoms with E-state index in [1.807, 2.05) is 0 Å². The van der Waals surface area contributed by atoms with E-state index >= 15 is 0 Å². The van der Waals surface area contributed by atoms with Crippen molar-refractivity contribution in [3.8, 4) is 0 Å². The Morgan fingerprint density at radius 2 is 1.91 bits per heavy atom. The van der Waals surface area contributed by atoms with Crippen molar-refractivity contribution in [2.24, 2.45) is 28.6 Å². The molecule has 0 aromatic heterocycles. The van der Waals surface area contributed by atoms with Crippen LogP contribution in [0.25, 0.3) is 0 Å². The molecule has 0 spiro atoms. The first-order valence-corrected chi connectivity index (χ1v) is 9.84. The molecule has 7 atom stereocenters. The average molecular weight is 367 g/mol. The molecule has 0 heterocycles. The van der Waals surface area contributed by atoms with Crippen molar-refractivity contribution in [1.29, 1.82) is 0 Å². The second-order valence-corrected chi connectivity index (χ2v) is 9.78. The van der Waals surface area contributed by atoms with E-state index in [0.717, 1.165) is 38.5 Å². The summed E-state index contributed by atoms with van der Waals surface area (Å²) in [6, 6.07) is 0. The van der Waals surface area contributed by atoms with E-state index in [0.29, 0.717) is 23.5 Å². The zero-order valence-corrected chi connectivity index (χ0v) is 15.2. The highest BCUT2D eigenvalue weighted by molar-refractivity contribution is 9.10. The third-order valence-electron chi connectivity index (χ3n) is 7.78. The van der Waals surface area contributed by atoms with Gasteiger partial charge in [-0.1, -0.05) is 41.4 Å². The fraction of sp³-hybridized carbons (Fsp3) is 0.842. The lowest BCUT2D eigenvalue weighted by Gasteiger charge is -2.56. The third-order valence-corrected chi connectivity index (χ3v) is 8.57. The quantitative estimate of drug-likeness (QED) is 0.513. The number of aliphatic hydroxyl groups is 1. The van der Waals surface area contributed by atoms with Gasteiger partial charge in [0.15, 0.2) is 5.78 Å². The molecule has 3 heteroatoms. The maximum absolute atomic E-state index is 12.6. The molecule has 3 fully saturated rings. The van der Waals surface area contributed by atoms with Gasteiger partial charge in [0.05, 0.1) is 10.9 Å². The first-order chi connectivity index (χ1) is 10.4. The minimum absolute atomic E-state index is 0.0765. The van der Waals surface area contributed by atoms with Crippen molar-refractivity contribution >= 4 is 21.7 Å². The lowest BCUT2D eigenvalue weighted by molar-refractivity contribution is -0.131. The van der Waals surface area contributed by atoms with Crippen molar-refractivity contribution in [3.63, 3.8) is 0 Å². The van der Waals surface area contributed by atoms with Crippen LogP contribution < -0.4 is 0 Å². The van der Waals surface area contributed by atoms with Crippen LogP contribution >= 0.6 is 15.9 Å². The topological polar surface area (TPSA) is 37.3 Å². The highest BCUT2D eigenvalue weighted by Gasteiger charge is 2.60. The Morgan fingerprint density at radius 3 is 2.68 bits per heavy atom. The van der Waals surface area contributed by atoms with Gasteiger partial charge in [0.25, 0.3) is 0 Å². The molecule has 1 N–H and O–H groups in total. The van der Waals surface area contributed by atoms with Crippen LogP contribution in [0.4, 0.5) is 0 Å². The van der Waals surface area contributed by atoms with E-state index in [9.17, 15) is 9.90 Å². The molecule has 22 heavy (non-hydrogen) atoms. The highest BCUT2D eigenvalue weighted by Crippen LogP contribution is 2.64. The van der Waals surface area contributed by atoms with E-state index in [4.69, 9.17) is 0 Å². The van der Waals surface area contributed by atoms with Gasteiger partial charge in [0.2, 0.25) is 0 Å². The molecular weight excluding hydrogens is 340 g/mol. The summed E-state index contributed by atoms with van der Waals surface area (Å²) < 4.78 is 0. The summed E-state index contributed by atoms with van der Waals surface area (Å²) in [4.78, 5) is 12.7. The number of Topliss-reactive ketones (excluding diaryl/α,β-unsaturated/α-hetero) is 1. The number of halogens is 1. The van der Waals surface area contributed by atoms with Gasteiger partial charge < -0.3 is 5.11 Å². The molecule has 2 nitrogen and oxygen atoms in total.